The fourth-order valence-electron chi connectivity index (χ4n) is 1.84. The molecule has 0 aliphatic heterocycles. The third-order valence-electron chi connectivity index (χ3n) is 2.87. The Kier molecular flexibility index (Phi) is 4.79. The number of nitrogens with one attached hydrogen (secondary N) is 3. The minimum absolute atomic E-state index is 0.152. The topological polar surface area (TPSA) is 69.8 Å². The predicted octanol–water partition coefficient (Wildman–Crippen LogP) is 3.69. The van der Waals surface area contributed by atoms with Gasteiger partial charge in [-0.25, -0.2) is 9.78 Å². The molecule has 0 aliphatic rings. The number of hydrogen-bond acceptors (Lipinski definition) is 2. The van der Waals surface area contributed by atoms with Gasteiger partial charge in [0.25, 0.3) is 0 Å². The van der Waals surface area contributed by atoms with Crippen molar-refractivity contribution in [2.45, 2.75) is 19.9 Å². The van der Waals surface area contributed by atoms with Gasteiger partial charge >= 0.3 is 6.03 Å². The van der Waals surface area contributed by atoms with Gasteiger partial charge in [-0.15, -0.1) is 0 Å². The molecule has 0 saturated heterocycles. The van der Waals surface area contributed by atoms with Crippen LogP contribution in [-0.2, 0) is 0 Å². The molecule has 6 heteroatoms. The number of anilines is 1. The zero-order valence-corrected chi connectivity index (χ0v) is 12.9. The maximum atomic E-state index is 12.0. The normalized spacial score (nSPS) is 12.2. The van der Waals surface area contributed by atoms with E-state index in [1.54, 1.807) is 12.4 Å². The summed E-state index contributed by atoms with van der Waals surface area (Å²) in [5.41, 5.74) is 0.743. The van der Waals surface area contributed by atoms with Crippen molar-refractivity contribution in [1.82, 2.24) is 15.3 Å². The molecule has 0 spiro atoms. The zero-order valence-electron chi connectivity index (χ0n) is 11.4. The van der Waals surface area contributed by atoms with Crippen LogP contribution in [0, 0.1) is 5.92 Å². The number of imidazole rings is 1. The highest BCUT2D eigenvalue weighted by Gasteiger charge is 2.20. The molecule has 3 N–H and O–H groups in total. The van der Waals surface area contributed by atoms with E-state index >= 15 is 0 Å². The Morgan fingerprint density at radius 3 is 2.55 bits per heavy atom. The predicted molar refractivity (Wildman–Crippen MR) is 82.5 cm³/mol. The van der Waals surface area contributed by atoms with Gasteiger partial charge in [0.05, 0.1) is 6.04 Å². The number of carbonyl (C=O) groups excluding carboxylic acids is 1. The second-order valence-electron chi connectivity index (χ2n) is 4.80. The van der Waals surface area contributed by atoms with Crippen LogP contribution in [0.25, 0.3) is 0 Å². The number of carbonyl (C=O) groups is 1. The Labute approximate surface area is 126 Å². The maximum absolute atomic E-state index is 12.0. The smallest absolute Gasteiger partial charge is 0.319 e. The fourth-order valence-corrected chi connectivity index (χ4v) is 2.10. The molecule has 1 unspecified atom stereocenters. The summed E-state index contributed by atoms with van der Waals surface area (Å²) >= 11 is 3.36. The molecule has 0 aliphatic carbocycles. The van der Waals surface area contributed by atoms with Crippen LogP contribution >= 0.6 is 15.9 Å². The van der Waals surface area contributed by atoms with Gasteiger partial charge in [0.2, 0.25) is 0 Å². The van der Waals surface area contributed by atoms with Gasteiger partial charge in [0.1, 0.15) is 5.82 Å². The highest BCUT2D eigenvalue weighted by molar-refractivity contribution is 9.10. The molecular weight excluding hydrogens is 320 g/mol. The first-order valence-corrected chi connectivity index (χ1v) is 7.18. The largest absolute Gasteiger partial charge is 0.347 e. The number of aromatic amines is 1. The molecule has 1 atom stereocenters. The molecule has 0 saturated carbocycles. The Morgan fingerprint density at radius 2 is 2.00 bits per heavy atom. The van der Waals surface area contributed by atoms with Crippen molar-refractivity contribution in [3.05, 3.63) is 47.0 Å². The number of amides is 2. The maximum Gasteiger partial charge on any atom is 0.319 e. The highest BCUT2D eigenvalue weighted by atomic mass is 79.9. The molecule has 1 aromatic heterocycles. The molecule has 2 amide bonds. The number of H-pyrrole nitrogens is 1. The summed E-state index contributed by atoms with van der Waals surface area (Å²) in [5.74, 6) is 0.989. The van der Waals surface area contributed by atoms with Crippen LogP contribution in [-0.4, -0.2) is 16.0 Å². The SMILES string of the molecule is CC(C)C(NC(=O)Nc1ccc(Br)cc1)c1ncc[nH]1. The lowest BCUT2D eigenvalue weighted by molar-refractivity contribution is 0.244. The Morgan fingerprint density at radius 1 is 1.30 bits per heavy atom. The summed E-state index contributed by atoms with van der Waals surface area (Å²) < 4.78 is 0.971. The molecule has 2 rings (SSSR count). The summed E-state index contributed by atoms with van der Waals surface area (Å²) in [6.45, 7) is 4.07. The summed E-state index contributed by atoms with van der Waals surface area (Å²) in [4.78, 5) is 19.3. The third kappa shape index (κ3) is 3.84. The van der Waals surface area contributed by atoms with E-state index in [1.165, 1.54) is 0 Å². The number of aromatic nitrogens is 2. The lowest BCUT2D eigenvalue weighted by Gasteiger charge is -2.20. The van der Waals surface area contributed by atoms with Crippen LogP contribution < -0.4 is 10.6 Å². The van der Waals surface area contributed by atoms with E-state index in [0.717, 1.165) is 16.0 Å². The van der Waals surface area contributed by atoms with Crippen molar-refractivity contribution in [2.24, 2.45) is 5.92 Å². The van der Waals surface area contributed by atoms with Crippen LogP contribution in [0.1, 0.15) is 25.7 Å². The minimum Gasteiger partial charge on any atom is -0.347 e. The molecule has 106 valence electrons. The summed E-state index contributed by atoms with van der Waals surface area (Å²) in [5, 5.41) is 5.73. The van der Waals surface area contributed by atoms with E-state index in [2.05, 4.69) is 36.5 Å². The van der Waals surface area contributed by atoms with Crippen LogP contribution in [0.3, 0.4) is 0 Å². The lowest BCUT2D eigenvalue weighted by atomic mass is 10.0. The van der Waals surface area contributed by atoms with Gasteiger partial charge in [0, 0.05) is 22.6 Å². The zero-order chi connectivity index (χ0) is 14.5. The van der Waals surface area contributed by atoms with Gasteiger partial charge in [0.15, 0.2) is 0 Å². The molecule has 0 radical (unpaired) electrons. The summed E-state index contributed by atoms with van der Waals surface area (Å²) in [7, 11) is 0. The van der Waals surface area contributed by atoms with Crippen molar-refractivity contribution in [2.75, 3.05) is 5.32 Å². The first-order chi connectivity index (χ1) is 9.56. The van der Waals surface area contributed by atoms with E-state index in [0.29, 0.717) is 0 Å². The van der Waals surface area contributed by atoms with Crippen molar-refractivity contribution < 1.29 is 4.79 Å². The summed E-state index contributed by atoms with van der Waals surface area (Å²) in [6.07, 6.45) is 3.43. The molecule has 1 heterocycles. The lowest BCUT2D eigenvalue weighted by Crippen LogP contribution is -2.35. The molecule has 20 heavy (non-hydrogen) atoms. The van der Waals surface area contributed by atoms with E-state index in [1.807, 2.05) is 38.1 Å². The van der Waals surface area contributed by atoms with E-state index in [-0.39, 0.29) is 18.0 Å². The second kappa shape index (κ2) is 6.56. The Hall–Kier alpha value is -1.82. The van der Waals surface area contributed by atoms with Crippen LogP contribution in [0.2, 0.25) is 0 Å². The van der Waals surface area contributed by atoms with Crippen LogP contribution in [0.15, 0.2) is 41.1 Å². The van der Waals surface area contributed by atoms with Crippen molar-refractivity contribution in [3.8, 4) is 0 Å². The number of hydrogen-bond donors (Lipinski definition) is 3. The summed E-state index contributed by atoms with van der Waals surface area (Å²) in [6, 6.07) is 7.02. The van der Waals surface area contributed by atoms with E-state index in [4.69, 9.17) is 0 Å². The van der Waals surface area contributed by atoms with Gasteiger partial charge in [-0.05, 0) is 30.2 Å². The van der Waals surface area contributed by atoms with E-state index < -0.39 is 0 Å². The first-order valence-electron chi connectivity index (χ1n) is 6.38. The number of urea groups is 1. The Bertz CT molecular complexity index is 551. The number of benzene rings is 1. The molecule has 5 nitrogen and oxygen atoms in total. The molecule has 0 fully saturated rings. The standard InChI is InChI=1S/C14H17BrN4O/c1-9(2)12(13-16-7-8-17-13)19-14(20)18-11-5-3-10(15)4-6-11/h3-9,12H,1-2H3,(H,16,17)(H2,18,19,20). The number of rotatable bonds is 4. The van der Waals surface area contributed by atoms with Gasteiger partial charge < -0.3 is 15.6 Å². The highest BCUT2D eigenvalue weighted by Crippen LogP contribution is 2.18. The van der Waals surface area contributed by atoms with Crippen LogP contribution in [0.5, 0.6) is 0 Å². The molecule has 2 aromatic rings. The number of halogens is 1. The second-order valence-corrected chi connectivity index (χ2v) is 5.72. The average Bonchev–Trinajstić information content (AvgIpc) is 2.92. The fraction of sp³-hybridized carbons (Fsp3) is 0.286. The van der Waals surface area contributed by atoms with Gasteiger partial charge in [-0.1, -0.05) is 29.8 Å². The monoisotopic (exact) mass is 336 g/mol. The minimum atomic E-state index is -0.248. The Balaban J connectivity index is 2.00. The van der Waals surface area contributed by atoms with Crippen molar-refractivity contribution >= 4 is 27.6 Å². The first kappa shape index (κ1) is 14.6. The quantitative estimate of drug-likeness (QED) is 0.796. The molecule has 1 aromatic carbocycles. The van der Waals surface area contributed by atoms with Crippen molar-refractivity contribution in [3.63, 3.8) is 0 Å². The molecule has 0 bridgehead atoms. The third-order valence-corrected chi connectivity index (χ3v) is 3.40. The van der Waals surface area contributed by atoms with Crippen molar-refractivity contribution in [1.29, 1.82) is 0 Å². The van der Waals surface area contributed by atoms with Gasteiger partial charge in [-0.3, -0.25) is 0 Å². The van der Waals surface area contributed by atoms with Gasteiger partial charge in [-0.2, -0.15) is 0 Å². The van der Waals surface area contributed by atoms with Crippen LogP contribution in [0.4, 0.5) is 10.5 Å². The average molecular weight is 337 g/mol. The molecular formula is C14H17BrN4O. The van der Waals surface area contributed by atoms with E-state index in [9.17, 15) is 4.79 Å². The number of nitrogens with zero attached hydrogens (tertiary/aromatic N) is 1.